The fourth-order valence-electron chi connectivity index (χ4n) is 4.42. The molecule has 2 saturated heterocycles. The van der Waals surface area contributed by atoms with E-state index in [0.717, 1.165) is 56.9 Å². The lowest BCUT2D eigenvalue weighted by Gasteiger charge is -2.52. The third kappa shape index (κ3) is 4.30. The second kappa shape index (κ2) is 8.19. The molecular formula is C22H35N3O2. The molecule has 1 unspecified atom stereocenters. The molecular weight excluding hydrogens is 338 g/mol. The van der Waals surface area contributed by atoms with E-state index in [1.54, 1.807) is 0 Å². The van der Waals surface area contributed by atoms with Gasteiger partial charge in [-0.2, -0.15) is 0 Å². The van der Waals surface area contributed by atoms with Crippen LogP contribution in [0.3, 0.4) is 0 Å². The van der Waals surface area contributed by atoms with Crippen molar-refractivity contribution in [1.29, 1.82) is 0 Å². The van der Waals surface area contributed by atoms with Crippen molar-refractivity contribution >= 4 is 5.91 Å². The van der Waals surface area contributed by atoms with Crippen LogP contribution in [0.5, 0.6) is 5.75 Å². The van der Waals surface area contributed by atoms with Gasteiger partial charge in [-0.1, -0.05) is 32.0 Å². The van der Waals surface area contributed by atoms with Gasteiger partial charge in [-0.3, -0.25) is 9.69 Å². The van der Waals surface area contributed by atoms with E-state index < -0.39 is 6.10 Å². The molecule has 3 rings (SSSR count). The van der Waals surface area contributed by atoms with Crippen molar-refractivity contribution in [1.82, 2.24) is 14.7 Å². The van der Waals surface area contributed by atoms with Crippen molar-refractivity contribution < 1.29 is 9.53 Å². The van der Waals surface area contributed by atoms with Gasteiger partial charge in [0.05, 0.1) is 0 Å². The van der Waals surface area contributed by atoms with Crippen LogP contribution in [0.25, 0.3) is 0 Å². The zero-order valence-corrected chi connectivity index (χ0v) is 17.6. The molecule has 2 aliphatic rings. The second-order valence-electron chi connectivity index (χ2n) is 8.76. The monoisotopic (exact) mass is 373 g/mol. The molecule has 0 N–H and O–H groups in total. The maximum Gasteiger partial charge on any atom is 0.263 e. The predicted octanol–water partition coefficient (Wildman–Crippen LogP) is 2.64. The summed E-state index contributed by atoms with van der Waals surface area (Å²) in [5.74, 6) is 1.08. The molecule has 5 heteroatoms. The van der Waals surface area contributed by atoms with E-state index in [0.29, 0.717) is 0 Å². The van der Waals surface area contributed by atoms with Gasteiger partial charge in [0, 0.05) is 38.3 Å². The number of hydrogen-bond acceptors (Lipinski definition) is 4. The van der Waals surface area contributed by atoms with E-state index in [4.69, 9.17) is 4.74 Å². The Balaban J connectivity index is 1.67. The number of benzene rings is 1. The summed E-state index contributed by atoms with van der Waals surface area (Å²) in [5, 5.41) is 0. The van der Waals surface area contributed by atoms with Crippen molar-refractivity contribution in [2.24, 2.45) is 5.92 Å². The highest BCUT2D eigenvalue weighted by atomic mass is 16.5. The van der Waals surface area contributed by atoms with Gasteiger partial charge >= 0.3 is 0 Å². The number of aryl methyl sites for hydroxylation is 1. The van der Waals surface area contributed by atoms with E-state index in [1.165, 1.54) is 0 Å². The minimum absolute atomic E-state index is 0.134. The highest BCUT2D eigenvalue weighted by molar-refractivity contribution is 5.81. The lowest BCUT2D eigenvalue weighted by molar-refractivity contribution is -0.144. The Morgan fingerprint density at radius 1 is 1.07 bits per heavy atom. The SMILES string of the molecule is Cc1ccccc1OC(C(=O)N1CCC2(CC1)CN(C)CCN2C)C(C)C. The summed E-state index contributed by atoms with van der Waals surface area (Å²) in [6.45, 7) is 11.1. The Bertz CT molecular complexity index is 653. The van der Waals surface area contributed by atoms with Crippen molar-refractivity contribution in [3.8, 4) is 5.75 Å². The van der Waals surface area contributed by atoms with Crippen molar-refractivity contribution in [3.63, 3.8) is 0 Å². The molecule has 150 valence electrons. The van der Waals surface area contributed by atoms with E-state index in [-0.39, 0.29) is 17.4 Å². The van der Waals surface area contributed by atoms with E-state index in [2.05, 4.69) is 37.7 Å². The number of para-hydroxylation sites is 1. The Labute approximate surface area is 164 Å². The Kier molecular flexibility index (Phi) is 6.11. The van der Waals surface area contributed by atoms with Crippen LogP contribution >= 0.6 is 0 Å². The summed E-state index contributed by atoms with van der Waals surface area (Å²) in [4.78, 5) is 20.2. The van der Waals surface area contributed by atoms with Gasteiger partial charge in [0.15, 0.2) is 6.10 Å². The summed E-state index contributed by atoms with van der Waals surface area (Å²) in [6, 6.07) is 7.94. The molecule has 1 atom stereocenters. The summed E-state index contributed by atoms with van der Waals surface area (Å²) in [7, 11) is 4.44. The number of nitrogens with zero attached hydrogens (tertiary/aromatic N) is 3. The van der Waals surface area contributed by atoms with Crippen LogP contribution in [0.15, 0.2) is 24.3 Å². The fourth-order valence-corrected chi connectivity index (χ4v) is 4.42. The van der Waals surface area contributed by atoms with Gasteiger partial charge in [-0.05, 0) is 51.4 Å². The third-order valence-electron chi connectivity index (χ3n) is 6.39. The Hall–Kier alpha value is -1.59. The molecule has 1 aromatic carbocycles. The summed E-state index contributed by atoms with van der Waals surface area (Å²) in [5.41, 5.74) is 1.29. The first-order chi connectivity index (χ1) is 12.8. The molecule has 1 amide bonds. The minimum Gasteiger partial charge on any atom is -0.480 e. The van der Waals surface area contributed by atoms with Crippen LogP contribution in [0.4, 0.5) is 0 Å². The molecule has 27 heavy (non-hydrogen) atoms. The molecule has 2 fully saturated rings. The van der Waals surface area contributed by atoms with Crippen molar-refractivity contribution in [3.05, 3.63) is 29.8 Å². The van der Waals surface area contributed by atoms with Crippen LogP contribution < -0.4 is 4.74 Å². The molecule has 2 heterocycles. The Morgan fingerprint density at radius 3 is 2.37 bits per heavy atom. The molecule has 5 nitrogen and oxygen atoms in total. The average molecular weight is 374 g/mol. The van der Waals surface area contributed by atoms with Gasteiger partial charge < -0.3 is 14.5 Å². The fraction of sp³-hybridized carbons (Fsp3) is 0.682. The van der Waals surface area contributed by atoms with Crippen LogP contribution in [0.1, 0.15) is 32.3 Å². The molecule has 1 spiro atoms. The first-order valence-corrected chi connectivity index (χ1v) is 10.2. The average Bonchev–Trinajstić information content (AvgIpc) is 2.64. The standard InChI is InChI=1S/C22H35N3O2/c1-17(2)20(27-19-9-7-6-8-18(19)3)21(26)25-12-10-22(11-13-25)16-23(4)14-15-24(22)5/h6-9,17,20H,10-16H2,1-5H3. The lowest BCUT2D eigenvalue weighted by Crippen LogP contribution is -2.64. The van der Waals surface area contributed by atoms with Crippen LogP contribution in [-0.4, -0.2) is 79.1 Å². The number of likely N-dealkylation sites (tertiary alicyclic amines) is 1. The highest BCUT2D eigenvalue weighted by Crippen LogP contribution is 2.32. The number of carbonyl (C=O) groups excluding carboxylic acids is 1. The van der Waals surface area contributed by atoms with Gasteiger partial charge in [0.25, 0.3) is 5.91 Å². The van der Waals surface area contributed by atoms with Crippen LogP contribution in [0, 0.1) is 12.8 Å². The topological polar surface area (TPSA) is 36.0 Å². The van der Waals surface area contributed by atoms with E-state index in [1.807, 2.05) is 36.1 Å². The zero-order chi connectivity index (χ0) is 19.6. The Morgan fingerprint density at radius 2 is 1.74 bits per heavy atom. The maximum absolute atomic E-state index is 13.2. The van der Waals surface area contributed by atoms with Crippen molar-refractivity contribution in [2.45, 2.75) is 45.3 Å². The van der Waals surface area contributed by atoms with E-state index >= 15 is 0 Å². The number of hydrogen-bond donors (Lipinski definition) is 0. The number of amides is 1. The minimum atomic E-state index is -0.424. The maximum atomic E-state index is 13.2. The predicted molar refractivity (Wildman–Crippen MR) is 109 cm³/mol. The molecule has 0 aliphatic carbocycles. The number of piperidine rings is 1. The molecule has 0 bridgehead atoms. The molecule has 1 aromatic rings. The molecule has 0 saturated carbocycles. The third-order valence-corrected chi connectivity index (χ3v) is 6.39. The molecule has 0 aromatic heterocycles. The molecule has 0 radical (unpaired) electrons. The normalized spacial score (nSPS) is 22.2. The summed E-state index contributed by atoms with van der Waals surface area (Å²) >= 11 is 0. The van der Waals surface area contributed by atoms with E-state index in [9.17, 15) is 4.79 Å². The second-order valence-corrected chi connectivity index (χ2v) is 8.76. The van der Waals surface area contributed by atoms with Crippen molar-refractivity contribution in [2.75, 3.05) is 46.8 Å². The number of ether oxygens (including phenoxy) is 1. The number of likely N-dealkylation sites (N-methyl/N-ethyl adjacent to an activating group) is 2. The smallest absolute Gasteiger partial charge is 0.263 e. The van der Waals surface area contributed by atoms with Gasteiger partial charge in [0.1, 0.15) is 5.75 Å². The quantitative estimate of drug-likeness (QED) is 0.813. The summed E-state index contributed by atoms with van der Waals surface area (Å²) < 4.78 is 6.19. The van der Waals surface area contributed by atoms with Gasteiger partial charge in [-0.15, -0.1) is 0 Å². The highest BCUT2D eigenvalue weighted by Gasteiger charge is 2.43. The van der Waals surface area contributed by atoms with Gasteiger partial charge in [-0.25, -0.2) is 0 Å². The zero-order valence-electron chi connectivity index (χ0n) is 17.6. The summed E-state index contributed by atoms with van der Waals surface area (Å²) in [6.07, 6.45) is 1.65. The number of rotatable bonds is 4. The largest absolute Gasteiger partial charge is 0.480 e. The van der Waals surface area contributed by atoms with Gasteiger partial charge in [0.2, 0.25) is 0 Å². The number of piperazine rings is 1. The lowest BCUT2D eigenvalue weighted by atomic mass is 9.83. The molecule has 2 aliphatic heterocycles. The first-order valence-electron chi connectivity index (χ1n) is 10.2. The van der Waals surface area contributed by atoms with Crippen LogP contribution in [-0.2, 0) is 4.79 Å². The first kappa shape index (κ1) is 20.2. The number of carbonyl (C=O) groups is 1. The van der Waals surface area contributed by atoms with Crippen LogP contribution in [0.2, 0.25) is 0 Å².